The maximum absolute atomic E-state index is 12.1. The van der Waals surface area contributed by atoms with Gasteiger partial charge in [0, 0.05) is 37.7 Å². The van der Waals surface area contributed by atoms with E-state index in [0.717, 1.165) is 36.5 Å². The Morgan fingerprint density at radius 1 is 1.20 bits per heavy atom. The second-order valence-corrected chi connectivity index (χ2v) is 5.78. The Bertz CT molecular complexity index is 737. The highest BCUT2D eigenvalue weighted by Gasteiger charge is 2.15. The lowest BCUT2D eigenvalue weighted by Crippen LogP contribution is -2.33. The molecule has 1 aliphatic heterocycles. The fraction of sp³-hybridized carbons (Fsp3) is 0.263. The number of aliphatic imine (C=N–C) groups is 1. The Labute approximate surface area is 147 Å². The lowest BCUT2D eigenvalue weighted by Gasteiger charge is -2.24. The molecule has 1 atom stereocenters. The number of nitrogens with one attached hydrogen (secondary N) is 3. The number of ether oxygens (including phenoxy) is 1. The number of anilines is 2. The Morgan fingerprint density at radius 2 is 2.00 bits per heavy atom. The predicted molar refractivity (Wildman–Crippen MR) is 101 cm³/mol. The minimum absolute atomic E-state index is 0.0691. The van der Waals surface area contributed by atoms with Crippen molar-refractivity contribution >= 4 is 23.6 Å². The van der Waals surface area contributed by atoms with Crippen LogP contribution < -0.4 is 16.0 Å². The molecule has 25 heavy (non-hydrogen) atoms. The molecule has 1 fully saturated rings. The van der Waals surface area contributed by atoms with Gasteiger partial charge in [0.1, 0.15) is 0 Å². The second kappa shape index (κ2) is 8.41. The zero-order valence-electron chi connectivity index (χ0n) is 14.2. The van der Waals surface area contributed by atoms with Gasteiger partial charge in [0.15, 0.2) is 0 Å². The van der Waals surface area contributed by atoms with Crippen LogP contribution in [0.3, 0.4) is 0 Å². The van der Waals surface area contributed by atoms with E-state index in [0.29, 0.717) is 5.69 Å². The van der Waals surface area contributed by atoms with Gasteiger partial charge in [0.05, 0.1) is 12.7 Å². The smallest absolute Gasteiger partial charge is 0.323 e. The molecular weight excluding hydrogens is 316 g/mol. The van der Waals surface area contributed by atoms with Crippen LogP contribution in [-0.4, -0.2) is 39.0 Å². The lowest BCUT2D eigenvalue weighted by molar-refractivity contribution is 0.0277. The van der Waals surface area contributed by atoms with Crippen molar-refractivity contribution in [1.82, 2.24) is 5.32 Å². The highest BCUT2D eigenvalue weighted by atomic mass is 16.5. The number of urea groups is 1. The summed E-state index contributed by atoms with van der Waals surface area (Å²) in [6.45, 7) is 2.42. The first-order chi connectivity index (χ1) is 12.2. The SMILES string of the molecule is CN=Cc1cccc(NC(=O)Nc2ccc([C@H]3CNCCO3)cc2)c1. The number of carbonyl (C=O) groups is 1. The number of carbonyl (C=O) groups excluding carboxylic acids is 1. The molecular formula is C19H22N4O2. The van der Waals surface area contributed by atoms with Crippen molar-refractivity contribution in [3.05, 3.63) is 59.7 Å². The van der Waals surface area contributed by atoms with Gasteiger partial charge < -0.3 is 20.7 Å². The molecule has 1 heterocycles. The van der Waals surface area contributed by atoms with Gasteiger partial charge in [-0.1, -0.05) is 24.3 Å². The van der Waals surface area contributed by atoms with Gasteiger partial charge in [-0.2, -0.15) is 0 Å². The van der Waals surface area contributed by atoms with Crippen molar-refractivity contribution in [1.29, 1.82) is 0 Å². The summed E-state index contributed by atoms with van der Waals surface area (Å²) in [5, 5.41) is 8.96. The second-order valence-electron chi connectivity index (χ2n) is 5.78. The summed E-state index contributed by atoms with van der Waals surface area (Å²) in [7, 11) is 1.71. The van der Waals surface area contributed by atoms with E-state index in [-0.39, 0.29) is 12.1 Å². The summed E-state index contributed by atoms with van der Waals surface area (Å²) < 4.78 is 5.72. The van der Waals surface area contributed by atoms with E-state index in [1.807, 2.05) is 48.5 Å². The van der Waals surface area contributed by atoms with Crippen LogP contribution in [0.5, 0.6) is 0 Å². The molecule has 3 N–H and O–H groups in total. The van der Waals surface area contributed by atoms with Crippen LogP contribution in [-0.2, 0) is 4.74 Å². The molecule has 0 bridgehead atoms. The van der Waals surface area contributed by atoms with Crippen LogP contribution in [0.4, 0.5) is 16.2 Å². The first-order valence-electron chi connectivity index (χ1n) is 8.27. The van der Waals surface area contributed by atoms with Crippen molar-refractivity contribution in [2.75, 3.05) is 37.4 Å². The van der Waals surface area contributed by atoms with Gasteiger partial charge in [-0.3, -0.25) is 4.99 Å². The summed E-state index contributed by atoms with van der Waals surface area (Å²) >= 11 is 0. The topological polar surface area (TPSA) is 74.8 Å². The summed E-state index contributed by atoms with van der Waals surface area (Å²) in [4.78, 5) is 16.1. The minimum atomic E-state index is -0.283. The zero-order chi connectivity index (χ0) is 17.5. The Kier molecular flexibility index (Phi) is 5.77. The largest absolute Gasteiger partial charge is 0.371 e. The summed E-state index contributed by atoms with van der Waals surface area (Å²) in [6, 6.07) is 14.9. The fourth-order valence-corrected chi connectivity index (χ4v) is 2.70. The molecule has 130 valence electrons. The van der Waals surface area contributed by atoms with Gasteiger partial charge in [0.25, 0.3) is 0 Å². The van der Waals surface area contributed by atoms with Gasteiger partial charge in [-0.25, -0.2) is 4.79 Å². The minimum Gasteiger partial charge on any atom is -0.371 e. The fourth-order valence-electron chi connectivity index (χ4n) is 2.70. The number of nitrogens with zero attached hydrogens (tertiary/aromatic N) is 1. The zero-order valence-corrected chi connectivity index (χ0v) is 14.2. The molecule has 1 aliphatic rings. The monoisotopic (exact) mass is 338 g/mol. The highest BCUT2D eigenvalue weighted by molar-refractivity contribution is 6.00. The Morgan fingerprint density at radius 3 is 2.72 bits per heavy atom. The molecule has 2 aromatic rings. The first kappa shape index (κ1) is 17.1. The van der Waals surface area contributed by atoms with Crippen molar-refractivity contribution < 1.29 is 9.53 Å². The molecule has 0 aromatic heterocycles. The molecule has 0 radical (unpaired) electrons. The molecule has 0 aliphatic carbocycles. The summed E-state index contributed by atoms with van der Waals surface area (Å²) in [5.74, 6) is 0. The molecule has 0 unspecified atom stereocenters. The van der Waals surface area contributed by atoms with E-state index in [9.17, 15) is 4.79 Å². The summed E-state index contributed by atoms with van der Waals surface area (Å²) in [6.07, 6.45) is 1.81. The standard InChI is InChI=1S/C19H22N4O2/c1-20-12-14-3-2-4-17(11-14)23-19(24)22-16-7-5-15(6-8-16)18-13-21-9-10-25-18/h2-8,11-12,18,21H,9-10,13H2,1H3,(H2,22,23,24)/t18-/m1/s1. The number of hydrogen-bond acceptors (Lipinski definition) is 4. The van der Waals surface area contributed by atoms with Crippen LogP contribution >= 0.6 is 0 Å². The highest BCUT2D eigenvalue weighted by Crippen LogP contribution is 2.21. The van der Waals surface area contributed by atoms with Crippen LogP contribution in [0.2, 0.25) is 0 Å². The van der Waals surface area contributed by atoms with Gasteiger partial charge in [-0.05, 0) is 35.4 Å². The third-order valence-corrected chi connectivity index (χ3v) is 3.89. The predicted octanol–water partition coefficient (Wildman–Crippen LogP) is 3.04. The van der Waals surface area contributed by atoms with Crippen LogP contribution in [0, 0.1) is 0 Å². The number of benzene rings is 2. The molecule has 3 rings (SSSR count). The average Bonchev–Trinajstić information content (AvgIpc) is 2.63. The summed E-state index contributed by atoms with van der Waals surface area (Å²) in [5.41, 5.74) is 3.49. The number of morpholine rings is 1. The van der Waals surface area contributed by atoms with Crippen molar-refractivity contribution in [2.24, 2.45) is 4.99 Å². The Balaban J connectivity index is 1.58. The van der Waals surface area contributed by atoms with E-state index in [4.69, 9.17) is 4.74 Å². The van der Waals surface area contributed by atoms with Crippen molar-refractivity contribution in [3.8, 4) is 0 Å². The van der Waals surface area contributed by atoms with E-state index >= 15 is 0 Å². The number of amides is 2. The van der Waals surface area contributed by atoms with Crippen LogP contribution in [0.25, 0.3) is 0 Å². The average molecular weight is 338 g/mol. The molecule has 1 saturated heterocycles. The number of rotatable bonds is 4. The molecule has 0 spiro atoms. The lowest BCUT2D eigenvalue weighted by atomic mass is 10.1. The van der Waals surface area contributed by atoms with Gasteiger partial charge in [-0.15, -0.1) is 0 Å². The maximum Gasteiger partial charge on any atom is 0.323 e. The third-order valence-electron chi connectivity index (χ3n) is 3.89. The quantitative estimate of drug-likeness (QED) is 0.750. The van der Waals surface area contributed by atoms with E-state index < -0.39 is 0 Å². The molecule has 6 nitrogen and oxygen atoms in total. The number of hydrogen-bond donors (Lipinski definition) is 3. The molecule has 0 saturated carbocycles. The molecule has 6 heteroatoms. The normalized spacial score (nSPS) is 17.4. The maximum atomic E-state index is 12.1. The van der Waals surface area contributed by atoms with Gasteiger partial charge in [0.2, 0.25) is 0 Å². The van der Waals surface area contributed by atoms with Gasteiger partial charge >= 0.3 is 6.03 Å². The van der Waals surface area contributed by atoms with Crippen molar-refractivity contribution in [2.45, 2.75) is 6.10 Å². The van der Waals surface area contributed by atoms with E-state index in [2.05, 4.69) is 20.9 Å². The van der Waals surface area contributed by atoms with E-state index in [1.54, 1.807) is 13.3 Å². The van der Waals surface area contributed by atoms with Crippen LogP contribution in [0.1, 0.15) is 17.2 Å². The first-order valence-corrected chi connectivity index (χ1v) is 8.27. The van der Waals surface area contributed by atoms with Crippen molar-refractivity contribution in [3.63, 3.8) is 0 Å². The Hall–Kier alpha value is -2.70. The van der Waals surface area contributed by atoms with E-state index in [1.165, 1.54) is 0 Å². The molecule has 2 amide bonds. The molecule has 2 aromatic carbocycles. The van der Waals surface area contributed by atoms with Crippen LogP contribution in [0.15, 0.2) is 53.5 Å². The third kappa shape index (κ3) is 4.89.